The number of hydrogen-bond donors (Lipinski definition) is 2. The standard InChI is InChI=1S/C11H22N2O/c1-9(2)7-11(4,14)8-13-10(3)5-6-12/h9-10,13-14H,5,7-8H2,1-4H3. The molecule has 0 rings (SSSR count). The third kappa shape index (κ3) is 6.88. The quantitative estimate of drug-likeness (QED) is 0.682. The molecular weight excluding hydrogens is 176 g/mol. The Hall–Kier alpha value is -0.590. The molecule has 0 aliphatic carbocycles. The second-order valence-corrected chi connectivity index (χ2v) is 4.74. The van der Waals surface area contributed by atoms with Crippen LogP contribution in [0.4, 0.5) is 0 Å². The normalized spacial score (nSPS) is 17.5. The van der Waals surface area contributed by atoms with E-state index in [-0.39, 0.29) is 6.04 Å². The van der Waals surface area contributed by atoms with E-state index >= 15 is 0 Å². The predicted molar refractivity (Wildman–Crippen MR) is 57.8 cm³/mol. The van der Waals surface area contributed by atoms with Crippen molar-refractivity contribution < 1.29 is 5.11 Å². The highest BCUT2D eigenvalue weighted by molar-refractivity contribution is 4.82. The van der Waals surface area contributed by atoms with Crippen molar-refractivity contribution in [3.63, 3.8) is 0 Å². The first-order chi connectivity index (χ1) is 6.37. The lowest BCUT2D eigenvalue weighted by Gasteiger charge is -2.27. The molecule has 2 N–H and O–H groups in total. The van der Waals surface area contributed by atoms with Gasteiger partial charge < -0.3 is 10.4 Å². The van der Waals surface area contributed by atoms with Crippen LogP contribution in [0.15, 0.2) is 0 Å². The molecule has 2 atom stereocenters. The Morgan fingerprint density at radius 2 is 2.00 bits per heavy atom. The first-order valence-electron chi connectivity index (χ1n) is 5.20. The first-order valence-corrected chi connectivity index (χ1v) is 5.20. The van der Waals surface area contributed by atoms with E-state index in [0.717, 1.165) is 6.42 Å². The van der Waals surface area contributed by atoms with Gasteiger partial charge in [-0.1, -0.05) is 13.8 Å². The highest BCUT2D eigenvalue weighted by Crippen LogP contribution is 2.15. The summed E-state index contributed by atoms with van der Waals surface area (Å²) in [5, 5.41) is 21.6. The van der Waals surface area contributed by atoms with Crippen molar-refractivity contribution in [1.29, 1.82) is 5.26 Å². The predicted octanol–water partition coefficient (Wildman–Crippen LogP) is 1.68. The van der Waals surface area contributed by atoms with Crippen molar-refractivity contribution in [3.05, 3.63) is 0 Å². The molecule has 2 unspecified atom stereocenters. The Bertz CT molecular complexity index is 194. The van der Waals surface area contributed by atoms with Crippen molar-refractivity contribution in [1.82, 2.24) is 5.32 Å². The van der Waals surface area contributed by atoms with Gasteiger partial charge in [0.2, 0.25) is 0 Å². The summed E-state index contributed by atoms with van der Waals surface area (Å²) in [6, 6.07) is 2.25. The summed E-state index contributed by atoms with van der Waals surface area (Å²) < 4.78 is 0. The molecule has 0 aromatic carbocycles. The van der Waals surface area contributed by atoms with Gasteiger partial charge in [-0.15, -0.1) is 0 Å². The number of rotatable bonds is 6. The summed E-state index contributed by atoms with van der Waals surface area (Å²) >= 11 is 0. The Balaban J connectivity index is 3.81. The molecule has 0 fully saturated rings. The van der Waals surface area contributed by atoms with Gasteiger partial charge in [0.25, 0.3) is 0 Å². The van der Waals surface area contributed by atoms with Gasteiger partial charge in [0.1, 0.15) is 0 Å². The van der Waals surface area contributed by atoms with Gasteiger partial charge >= 0.3 is 0 Å². The second kappa shape index (κ2) is 6.00. The van der Waals surface area contributed by atoms with Gasteiger partial charge in [-0.25, -0.2) is 0 Å². The van der Waals surface area contributed by atoms with E-state index < -0.39 is 5.60 Å². The Labute approximate surface area is 87.1 Å². The summed E-state index contributed by atoms with van der Waals surface area (Å²) in [6.45, 7) is 8.52. The molecule has 0 aliphatic rings. The average molecular weight is 198 g/mol. The van der Waals surface area contributed by atoms with Crippen LogP contribution in [0.25, 0.3) is 0 Å². The molecule has 3 heteroatoms. The zero-order valence-electron chi connectivity index (χ0n) is 9.67. The minimum absolute atomic E-state index is 0.152. The Morgan fingerprint density at radius 3 is 2.43 bits per heavy atom. The molecule has 0 saturated carbocycles. The smallest absolute Gasteiger partial charge is 0.0746 e. The molecule has 0 aromatic heterocycles. The van der Waals surface area contributed by atoms with Crippen LogP contribution in [0.5, 0.6) is 0 Å². The molecule has 0 radical (unpaired) electrons. The maximum atomic E-state index is 9.96. The number of hydrogen-bond acceptors (Lipinski definition) is 3. The number of nitrogens with one attached hydrogen (secondary N) is 1. The molecule has 0 bridgehead atoms. The largest absolute Gasteiger partial charge is 0.389 e. The summed E-state index contributed by atoms with van der Waals surface area (Å²) in [5.74, 6) is 0.484. The van der Waals surface area contributed by atoms with Crippen LogP contribution in [-0.4, -0.2) is 23.3 Å². The van der Waals surface area contributed by atoms with E-state index in [1.165, 1.54) is 0 Å². The SMILES string of the molecule is CC(C)CC(C)(O)CNC(C)CC#N. The van der Waals surface area contributed by atoms with E-state index in [4.69, 9.17) is 5.26 Å². The fourth-order valence-corrected chi connectivity index (χ4v) is 1.55. The van der Waals surface area contributed by atoms with E-state index in [9.17, 15) is 5.11 Å². The minimum atomic E-state index is -0.669. The fraction of sp³-hybridized carbons (Fsp3) is 0.909. The summed E-state index contributed by atoms with van der Waals surface area (Å²) in [5.41, 5.74) is -0.669. The molecule has 0 spiro atoms. The van der Waals surface area contributed by atoms with Crippen LogP contribution >= 0.6 is 0 Å². The zero-order chi connectivity index (χ0) is 11.2. The molecule has 0 aromatic rings. The molecule has 82 valence electrons. The third-order valence-corrected chi connectivity index (χ3v) is 2.08. The molecule has 0 aliphatic heterocycles. The van der Waals surface area contributed by atoms with Gasteiger partial charge in [0.15, 0.2) is 0 Å². The van der Waals surface area contributed by atoms with Crippen molar-refractivity contribution in [2.45, 2.75) is 52.2 Å². The lowest BCUT2D eigenvalue weighted by atomic mass is 9.94. The van der Waals surface area contributed by atoms with E-state index in [0.29, 0.717) is 18.9 Å². The van der Waals surface area contributed by atoms with Crippen molar-refractivity contribution in [3.8, 4) is 6.07 Å². The first kappa shape index (κ1) is 13.4. The van der Waals surface area contributed by atoms with Crippen molar-refractivity contribution in [2.24, 2.45) is 5.92 Å². The van der Waals surface area contributed by atoms with E-state index in [2.05, 4.69) is 25.2 Å². The summed E-state index contributed by atoms with van der Waals surface area (Å²) in [7, 11) is 0. The van der Waals surface area contributed by atoms with Gasteiger partial charge in [0.05, 0.1) is 18.1 Å². The van der Waals surface area contributed by atoms with Crippen LogP contribution in [0.2, 0.25) is 0 Å². The zero-order valence-corrected chi connectivity index (χ0v) is 9.67. The van der Waals surface area contributed by atoms with Crippen LogP contribution in [0.3, 0.4) is 0 Å². The van der Waals surface area contributed by atoms with Gasteiger partial charge in [-0.2, -0.15) is 5.26 Å². The third-order valence-electron chi connectivity index (χ3n) is 2.08. The lowest BCUT2D eigenvalue weighted by molar-refractivity contribution is 0.0365. The maximum absolute atomic E-state index is 9.96. The van der Waals surface area contributed by atoms with Crippen molar-refractivity contribution >= 4 is 0 Å². The van der Waals surface area contributed by atoms with Gasteiger partial charge in [0, 0.05) is 12.6 Å². The van der Waals surface area contributed by atoms with E-state index in [1.807, 2.05) is 13.8 Å². The number of aliphatic hydroxyl groups is 1. The Morgan fingerprint density at radius 1 is 1.43 bits per heavy atom. The molecule has 0 heterocycles. The van der Waals surface area contributed by atoms with Crippen LogP contribution < -0.4 is 5.32 Å². The highest BCUT2D eigenvalue weighted by atomic mass is 16.3. The lowest BCUT2D eigenvalue weighted by Crippen LogP contribution is -2.42. The van der Waals surface area contributed by atoms with Crippen LogP contribution in [0.1, 0.15) is 40.5 Å². The number of nitriles is 1. The molecule has 3 nitrogen and oxygen atoms in total. The second-order valence-electron chi connectivity index (χ2n) is 4.74. The molecular formula is C11H22N2O. The van der Waals surface area contributed by atoms with Gasteiger partial charge in [-0.05, 0) is 26.2 Å². The minimum Gasteiger partial charge on any atom is -0.389 e. The average Bonchev–Trinajstić information content (AvgIpc) is 1.99. The molecule has 0 saturated heterocycles. The van der Waals surface area contributed by atoms with Crippen LogP contribution in [-0.2, 0) is 0 Å². The molecule has 14 heavy (non-hydrogen) atoms. The summed E-state index contributed by atoms with van der Waals surface area (Å²) in [6.07, 6.45) is 1.26. The Kier molecular flexibility index (Phi) is 5.75. The van der Waals surface area contributed by atoms with Gasteiger partial charge in [-0.3, -0.25) is 0 Å². The van der Waals surface area contributed by atoms with E-state index in [1.54, 1.807) is 0 Å². The topological polar surface area (TPSA) is 56.0 Å². The number of nitrogens with zero attached hydrogens (tertiary/aromatic N) is 1. The highest BCUT2D eigenvalue weighted by Gasteiger charge is 2.21. The monoisotopic (exact) mass is 198 g/mol. The van der Waals surface area contributed by atoms with Crippen LogP contribution in [0, 0.1) is 17.2 Å². The molecule has 0 amide bonds. The summed E-state index contributed by atoms with van der Waals surface area (Å²) in [4.78, 5) is 0. The van der Waals surface area contributed by atoms with Crippen molar-refractivity contribution in [2.75, 3.05) is 6.54 Å². The fourth-order valence-electron chi connectivity index (χ4n) is 1.55. The maximum Gasteiger partial charge on any atom is 0.0746 e.